The number of hydrogen-bond donors (Lipinski definition) is 2. The van der Waals surface area contributed by atoms with Crippen molar-refractivity contribution in [2.45, 2.75) is 34.1 Å². The minimum atomic E-state index is -0.909. The van der Waals surface area contributed by atoms with Gasteiger partial charge in [0.2, 0.25) is 5.91 Å². The molecule has 2 rings (SSSR count). The number of anilines is 1. The van der Waals surface area contributed by atoms with Gasteiger partial charge in [-0.15, -0.1) is 0 Å². The maximum Gasteiger partial charge on any atom is 0.252 e. The zero-order valence-electron chi connectivity index (χ0n) is 19.9. The van der Waals surface area contributed by atoms with E-state index in [9.17, 15) is 9.59 Å². The number of carbonyl (C=O) groups excluding carboxylic acids is 2. The summed E-state index contributed by atoms with van der Waals surface area (Å²) in [7, 11) is 1.57. The average Bonchev–Trinajstić information content (AvgIpc) is 2.79. The van der Waals surface area contributed by atoms with Gasteiger partial charge in [-0.1, -0.05) is 20.8 Å². The van der Waals surface area contributed by atoms with Crippen molar-refractivity contribution in [2.24, 2.45) is 16.9 Å². The number of amides is 2. The molecule has 8 nitrogen and oxygen atoms in total. The number of benzene rings is 2. The Bertz CT molecular complexity index is 942. The molecule has 2 aromatic carbocycles. The number of nitrogens with zero attached hydrogens (tertiary/aromatic N) is 1. The third-order valence-corrected chi connectivity index (χ3v) is 4.71. The molecule has 0 aromatic heterocycles. The first kappa shape index (κ1) is 25.7. The SMILES string of the molecule is CCCOc1ccc(C=NNC(=O)C(C(=O)Nc2ccc(OC)cc2)C(C)C)cc1OCC. The van der Waals surface area contributed by atoms with Gasteiger partial charge in [0.25, 0.3) is 5.91 Å². The van der Waals surface area contributed by atoms with Crippen molar-refractivity contribution < 1.29 is 23.8 Å². The van der Waals surface area contributed by atoms with E-state index in [2.05, 4.69) is 15.8 Å². The van der Waals surface area contributed by atoms with E-state index >= 15 is 0 Å². The van der Waals surface area contributed by atoms with Crippen LogP contribution in [0, 0.1) is 11.8 Å². The number of rotatable bonds is 12. The van der Waals surface area contributed by atoms with Gasteiger partial charge >= 0.3 is 0 Å². The Balaban J connectivity index is 2.04. The fraction of sp³-hybridized carbons (Fsp3) is 0.400. The third-order valence-electron chi connectivity index (χ3n) is 4.71. The van der Waals surface area contributed by atoms with E-state index in [-0.39, 0.29) is 5.92 Å². The highest BCUT2D eigenvalue weighted by molar-refractivity contribution is 6.06. The summed E-state index contributed by atoms with van der Waals surface area (Å²) in [4.78, 5) is 25.4. The van der Waals surface area contributed by atoms with Crippen LogP contribution in [0.3, 0.4) is 0 Å². The molecule has 0 spiro atoms. The summed E-state index contributed by atoms with van der Waals surface area (Å²) in [6, 6.07) is 12.3. The number of hydrazone groups is 1. The molecule has 1 unspecified atom stereocenters. The molecule has 2 amide bonds. The largest absolute Gasteiger partial charge is 0.497 e. The van der Waals surface area contributed by atoms with E-state index < -0.39 is 17.7 Å². The number of nitrogens with one attached hydrogen (secondary N) is 2. The van der Waals surface area contributed by atoms with Gasteiger partial charge in [-0.2, -0.15) is 5.10 Å². The predicted octanol–water partition coefficient (Wildman–Crippen LogP) is 4.24. The van der Waals surface area contributed by atoms with Crippen LogP contribution >= 0.6 is 0 Å². The lowest BCUT2D eigenvalue weighted by atomic mass is 9.94. The second-order valence-corrected chi connectivity index (χ2v) is 7.66. The van der Waals surface area contributed by atoms with E-state index in [1.165, 1.54) is 6.21 Å². The molecule has 0 saturated heterocycles. The minimum Gasteiger partial charge on any atom is -0.497 e. The molecule has 33 heavy (non-hydrogen) atoms. The Labute approximate surface area is 195 Å². The minimum absolute atomic E-state index is 0.224. The van der Waals surface area contributed by atoms with E-state index in [1.54, 1.807) is 37.4 Å². The van der Waals surface area contributed by atoms with Gasteiger partial charge in [0.15, 0.2) is 11.5 Å². The molecule has 2 N–H and O–H groups in total. The summed E-state index contributed by atoms with van der Waals surface area (Å²) in [5.74, 6) is -0.0711. The molecule has 0 aliphatic rings. The molecule has 0 aliphatic carbocycles. The van der Waals surface area contributed by atoms with Gasteiger partial charge in [-0.3, -0.25) is 9.59 Å². The lowest BCUT2D eigenvalue weighted by molar-refractivity contribution is -0.134. The Hall–Kier alpha value is -3.55. The second kappa shape index (κ2) is 13.1. The standard InChI is InChI=1S/C25H33N3O5/c1-6-14-33-21-13-8-18(15-22(21)32-7-2)16-26-28-25(30)23(17(3)4)24(29)27-19-9-11-20(31-5)12-10-19/h8-13,15-17,23H,6-7,14H2,1-5H3,(H,27,29)(H,28,30). The van der Waals surface area contributed by atoms with Gasteiger partial charge in [0, 0.05) is 5.69 Å². The van der Waals surface area contributed by atoms with E-state index in [1.807, 2.05) is 39.8 Å². The molecule has 0 aliphatic heterocycles. The zero-order chi connectivity index (χ0) is 24.2. The maximum absolute atomic E-state index is 12.7. The van der Waals surface area contributed by atoms with Gasteiger partial charge in [-0.25, -0.2) is 5.43 Å². The average molecular weight is 456 g/mol. The van der Waals surface area contributed by atoms with Crippen molar-refractivity contribution in [1.82, 2.24) is 5.43 Å². The first-order valence-electron chi connectivity index (χ1n) is 11.1. The Morgan fingerprint density at radius 1 is 1.00 bits per heavy atom. The molecular formula is C25H33N3O5. The number of ether oxygens (including phenoxy) is 3. The lowest BCUT2D eigenvalue weighted by Gasteiger charge is -2.18. The monoisotopic (exact) mass is 455 g/mol. The van der Waals surface area contributed by atoms with Crippen molar-refractivity contribution in [3.05, 3.63) is 48.0 Å². The molecule has 0 bridgehead atoms. The predicted molar refractivity (Wildman–Crippen MR) is 129 cm³/mol. The topological polar surface area (TPSA) is 98.2 Å². The Kier molecular flexibility index (Phi) is 10.2. The molecule has 0 heterocycles. The summed E-state index contributed by atoms with van der Waals surface area (Å²) in [6.07, 6.45) is 2.40. The van der Waals surface area contributed by atoms with Crippen LogP contribution in [0.25, 0.3) is 0 Å². The zero-order valence-corrected chi connectivity index (χ0v) is 19.9. The second-order valence-electron chi connectivity index (χ2n) is 7.66. The fourth-order valence-electron chi connectivity index (χ4n) is 3.06. The quantitative estimate of drug-likeness (QED) is 0.283. The van der Waals surface area contributed by atoms with Crippen LogP contribution in [0.2, 0.25) is 0 Å². The van der Waals surface area contributed by atoms with Crippen LogP contribution in [0.4, 0.5) is 5.69 Å². The van der Waals surface area contributed by atoms with Gasteiger partial charge in [-0.05, 0) is 67.3 Å². The molecule has 0 fully saturated rings. The maximum atomic E-state index is 12.7. The molecule has 178 valence electrons. The fourth-order valence-corrected chi connectivity index (χ4v) is 3.06. The van der Waals surface area contributed by atoms with Gasteiger partial charge in [0.1, 0.15) is 11.7 Å². The van der Waals surface area contributed by atoms with Crippen molar-refractivity contribution >= 4 is 23.7 Å². The van der Waals surface area contributed by atoms with E-state index in [4.69, 9.17) is 14.2 Å². The molecular weight excluding hydrogens is 422 g/mol. The van der Waals surface area contributed by atoms with Crippen LogP contribution in [-0.2, 0) is 9.59 Å². The van der Waals surface area contributed by atoms with Crippen molar-refractivity contribution in [2.75, 3.05) is 25.6 Å². The summed E-state index contributed by atoms with van der Waals surface area (Å²) < 4.78 is 16.4. The lowest BCUT2D eigenvalue weighted by Crippen LogP contribution is -2.39. The Morgan fingerprint density at radius 3 is 2.33 bits per heavy atom. The van der Waals surface area contributed by atoms with E-state index in [0.29, 0.717) is 36.1 Å². The highest BCUT2D eigenvalue weighted by Crippen LogP contribution is 2.28. The number of carbonyl (C=O) groups is 2. The van der Waals surface area contributed by atoms with Crippen LogP contribution in [0.5, 0.6) is 17.2 Å². The van der Waals surface area contributed by atoms with Crippen LogP contribution in [0.1, 0.15) is 39.7 Å². The number of methoxy groups -OCH3 is 1. The van der Waals surface area contributed by atoms with Crippen LogP contribution in [-0.4, -0.2) is 38.4 Å². The first-order chi connectivity index (χ1) is 15.9. The smallest absolute Gasteiger partial charge is 0.252 e. The van der Waals surface area contributed by atoms with Crippen molar-refractivity contribution in [1.29, 1.82) is 0 Å². The molecule has 0 saturated carbocycles. The third kappa shape index (κ3) is 7.82. The Morgan fingerprint density at radius 2 is 1.73 bits per heavy atom. The van der Waals surface area contributed by atoms with Crippen LogP contribution < -0.4 is 25.0 Å². The van der Waals surface area contributed by atoms with Gasteiger partial charge in [0.05, 0.1) is 26.5 Å². The van der Waals surface area contributed by atoms with Gasteiger partial charge < -0.3 is 19.5 Å². The molecule has 1 atom stereocenters. The summed E-state index contributed by atoms with van der Waals surface area (Å²) >= 11 is 0. The number of hydrogen-bond acceptors (Lipinski definition) is 6. The molecule has 8 heteroatoms. The van der Waals surface area contributed by atoms with Crippen molar-refractivity contribution in [3.63, 3.8) is 0 Å². The summed E-state index contributed by atoms with van der Waals surface area (Å²) in [5.41, 5.74) is 3.78. The summed E-state index contributed by atoms with van der Waals surface area (Å²) in [5, 5.41) is 6.80. The molecule has 0 radical (unpaired) electrons. The van der Waals surface area contributed by atoms with E-state index in [0.717, 1.165) is 12.0 Å². The normalized spacial score (nSPS) is 11.8. The first-order valence-corrected chi connectivity index (χ1v) is 11.1. The van der Waals surface area contributed by atoms with Crippen molar-refractivity contribution in [3.8, 4) is 17.2 Å². The molecule has 2 aromatic rings. The highest BCUT2D eigenvalue weighted by Gasteiger charge is 2.30. The highest BCUT2D eigenvalue weighted by atomic mass is 16.5. The van der Waals surface area contributed by atoms with Crippen LogP contribution in [0.15, 0.2) is 47.6 Å². The summed E-state index contributed by atoms with van der Waals surface area (Å²) in [6.45, 7) is 8.65.